The number of benzene rings is 1. The molecule has 1 heterocycles. The molecule has 1 amide bonds. The van der Waals surface area contributed by atoms with Crippen molar-refractivity contribution in [1.82, 2.24) is 0 Å². The van der Waals surface area contributed by atoms with Crippen LogP contribution in [-0.4, -0.2) is 39.7 Å². The molecule has 2 rings (SSSR count). The van der Waals surface area contributed by atoms with Gasteiger partial charge in [0, 0.05) is 18.9 Å². The van der Waals surface area contributed by atoms with Gasteiger partial charge in [0.2, 0.25) is 5.91 Å². The summed E-state index contributed by atoms with van der Waals surface area (Å²) in [7, 11) is -3.63. The van der Waals surface area contributed by atoms with Crippen LogP contribution in [0.4, 0.5) is 14.0 Å². The molecule has 120 valence electrons. The molecule has 1 atom stereocenters. The molecule has 0 N–H and O–H groups in total. The van der Waals surface area contributed by atoms with Crippen LogP contribution in [0.25, 0.3) is 0 Å². The van der Waals surface area contributed by atoms with Gasteiger partial charge in [-0.1, -0.05) is 6.07 Å². The minimum atomic E-state index is -4.74. The number of carbonyl (C=O) groups is 2. The summed E-state index contributed by atoms with van der Waals surface area (Å²) >= 11 is 0. The van der Waals surface area contributed by atoms with Crippen LogP contribution in [0.5, 0.6) is 0 Å². The number of nitrogens with zero attached hydrogens (tertiary/aromatic N) is 1. The third-order valence-corrected chi connectivity index (χ3v) is 4.17. The fraction of sp³-hybridized carbons (Fsp3) is 0.385. The molecule has 22 heavy (non-hydrogen) atoms. The highest BCUT2D eigenvalue weighted by Crippen LogP contribution is 2.31. The lowest BCUT2D eigenvalue weighted by Crippen LogP contribution is -2.28. The average Bonchev–Trinajstić information content (AvgIpc) is 2.75. The summed E-state index contributed by atoms with van der Waals surface area (Å²) in [6.07, 6.45) is -0.238. The lowest BCUT2D eigenvalue weighted by molar-refractivity contribution is -0.117. The molecule has 0 aliphatic carbocycles. The Kier molecular flexibility index (Phi) is 4.45. The van der Waals surface area contributed by atoms with E-state index in [1.807, 2.05) is 0 Å². The number of anilines is 1. The zero-order valence-electron chi connectivity index (χ0n) is 11.6. The van der Waals surface area contributed by atoms with Crippen LogP contribution in [0, 0.1) is 11.7 Å². The van der Waals surface area contributed by atoms with Crippen LogP contribution >= 0.6 is 0 Å². The molecule has 1 fully saturated rings. The SMILES string of the molecule is COC(=O)c1cccc(F)c1N1CC(CS(=O)(=O)F)CC1=O. The van der Waals surface area contributed by atoms with Crippen molar-refractivity contribution in [3.8, 4) is 0 Å². The molecule has 0 radical (unpaired) electrons. The van der Waals surface area contributed by atoms with E-state index in [0.717, 1.165) is 18.1 Å². The number of para-hydroxylation sites is 1. The summed E-state index contributed by atoms with van der Waals surface area (Å²) in [5, 5.41) is 0. The van der Waals surface area contributed by atoms with Crippen molar-refractivity contribution < 1.29 is 31.0 Å². The second-order valence-corrected chi connectivity index (χ2v) is 6.32. The zero-order chi connectivity index (χ0) is 16.5. The van der Waals surface area contributed by atoms with Crippen molar-refractivity contribution in [2.75, 3.05) is 24.3 Å². The number of hydrogen-bond acceptors (Lipinski definition) is 5. The Labute approximate surface area is 125 Å². The minimum Gasteiger partial charge on any atom is -0.465 e. The Balaban J connectivity index is 2.36. The minimum absolute atomic E-state index is 0.153. The van der Waals surface area contributed by atoms with Gasteiger partial charge in [-0.2, -0.15) is 8.42 Å². The van der Waals surface area contributed by atoms with E-state index in [2.05, 4.69) is 4.74 Å². The number of hydrogen-bond donors (Lipinski definition) is 0. The second kappa shape index (κ2) is 5.99. The molecule has 1 aromatic rings. The van der Waals surface area contributed by atoms with Crippen LogP contribution < -0.4 is 4.90 Å². The molecule has 1 aliphatic rings. The smallest absolute Gasteiger partial charge is 0.340 e. The van der Waals surface area contributed by atoms with E-state index in [0.29, 0.717) is 0 Å². The molecule has 1 saturated heterocycles. The fourth-order valence-electron chi connectivity index (χ4n) is 2.46. The summed E-state index contributed by atoms with van der Waals surface area (Å²) in [6.45, 7) is -0.188. The van der Waals surface area contributed by atoms with Gasteiger partial charge in [-0.25, -0.2) is 9.18 Å². The fourth-order valence-corrected chi connectivity index (χ4v) is 3.24. The van der Waals surface area contributed by atoms with Gasteiger partial charge in [0.25, 0.3) is 0 Å². The van der Waals surface area contributed by atoms with Gasteiger partial charge in [-0.15, -0.1) is 3.89 Å². The molecule has 6 nitrogen and oxygen atoms in total. The van der Waals surface area contributed by atoms with Crippen LogP contribution in [-0.2, 0) is 19.8 Å². The van der Waals surface area contributed by atoms with E-state index in [1.54, 1.807) is 0 Å². The van der Waals surface area contributed by atoms with Crippen molar-refractivity contribution >= 4 is 27.8 Å². The Hall–Kier alpha value is -2.03. The second-order valence-electron chi connectivity index (χ2n) is 4.91. The van der Waals surface area contributed by atoms with Gasteiger partial charge in [-0.3, -0.25) is 4.79 Å². The highest BCUT2D eigenvalue weighted by molar-refractivity contribution is 7.86. The molecule has 0 bridgehead atoms. The lowest BCUT2D eigenvalue weighted by atomic mass is 10.1. The molecule has 9 heteroatoms. The van der Waals surface area contributed by atoms with Gasteiger partial charge < -0.3 is 9.64 Å². The third kappa shape index (κ3) is 3.41. The number of rotatable bonds is 4. The number of methoxy groups -OCH3 is 1. The van der Waals surface area contributed by atoms with Gasteiger partial charge in [0.1, 0.15) is 5.82 Å². The first-order chi connectivity index (χ1) is 10.2. The van der Waals surface area contributed by atoms with E-state index >= 15 is 0 Å². The van der Waals surface area contributed by atoms with E-state index in [9.17, 15) is 26.3 Å². The molecular formula is C13H13F2NO5S. The van der Waals surface area contributed by atoms with E-state index in [-0.39, 0.29) is 24.2 Å². The Morgan fingerprint density at radius 1 is 1.45 bits per heavy atom. The predicted molar refractivity (Wildman–Crippen MR) is 73.1 cm³/mol. The molecule has 0 saturated carbocycles. The van der Waals surface area contributed by atoms with Crippen molar-refractivity contribution in [2.45, 2.75) is 6.42 Å². The molecule has 1 unspecified atom stereocenters. The Bertz CT molecular complexity index is 719. The normalized spacial score (nSPS) is 18.6. The monoisotopic (exact) mass is 333 g/mol. The van der Waals surface area contributed by atoms with Crippen LogP contribution in [0.15, 0.2) is 18.2 Å². The van der Waals surface area contributed by atoms with Crippen molar-refractivity contribution in [3.63, 3.8) is 0 Å². The van der Waals surface area contributed by atoms with Crippen molar-refractivity contribution in [2.24, 2.45) is 5.92 Å². The van der Waals surface area contributed by atoms with E-state index in [4.69, 9.17) is 0 Å². The van der Waals surface area contributed by atoms with E-state index in [1.165, 1.54) is 12.1 Å². The number of esters is 1. The quantitative estimate of drug-likeness (QED) is 0.612. The maximum atomic E-state index is 14.0. The molecule has 1 aliphatic heterocycles. The van der Waals surface area contributed by atoms with Crippen molar-refractivity contribution in [3.05, 3.63) is 29.6 Å². The summed E-state index contributed by atoms with van der Waals surface area (Å²) in [6, 6.07) is 3.64. The number of carbonyl (C=O) groups excluding carboxylic acids is 2. The topological polar surface area (TPSA) is 80.8 Å². The maximum Gasteiger partial charge on any atom is 0.340 e. The van der Waals surface area contributed by atoms with Crippen LogP contribution in [0.3, 0.4) is 0 Å². The van der Waals surface area contributed by atoms with Crippen LogP contribution in [0.1, 0.15) is 16.8 Å². The van der Waals surface area contributed by atoms with Gasteiger partial charge in [-0.05, 0) is 12.1 Å². The summed E-state index contributed by atoms with van der Waals surface area (Å²) < 4.78 is 52.7. The molecule has 1 aromatic carbocycles. The highest BCUT2D eigenvalue weighted by atomic mass is 32.3. The largest absolute Gasteiger partial charge is 0.465 e. The lowest BCUT2D eigenvalue weighted by Gasteiger charge is -2.20. The standard InChI is InChI=1S/C13H13F2NO5S/c1-21-13(18)9-3-2-4-10(14)12(9)16-6-8(5-11(16)17)7-22(15,19)20/h2-4,8H,5-7H2,1H3. The number of halogens is 2. The first-order valence-electron chi connectivity index (χ1n) is 6.32. The highest BCUT2D eigenvalue weighted by Gasteiger charge is 2.36. The van der Waals surface area contributed by atoms with Gasteiger partial charge in [0.15, 0.2) is 0 Å². The number of amides is 1. The Morgan fingerprint density at radius 3 is 2.73 bits per heavy atom. The first-order valence-corrected chi connectivity index (χ1v) is 7.87. The van der Waals surface area contributed by atoms with Crippen molar-refractivity contribution in [1.29, 1.82) is 0 Å². The van der Waals surface area contributed by atoms with Gasteiger partial charge >= 0.3 is 16.2 Å². The summed E-state index contributed by atoms with van der Waals surface area (Å²) in [5.74, 6) is -3.85. The average molecular weight is 333 g/mol. The molecule has 0 spiro atoms. The summed E-state index contributed by atoms with van der Waals surface area (Å²) in [4.78, 5) is 24.6. The maximum absolute atomic E-state index is 14.0. The molecule has 0 aromatic heterocycles. The summed E-state index contributed by atoms with van der Waals surface area (Å²) in [5.41, 5.74) is -0.433. The zero-order valence-corrected chi connectivity index (χ0v) is 12.4. The Morgan fingerprint density at radius 2 is 2.14 bits per heavy atom. The predicted octanol–water partition coefficient (Wildman–Crippen LogP) is 1.26. The molecular weight excluding hydrogens is 320 g/mol. The van der Waals surface area contributed by atoms with E-state index < -0.39 is 39.6 Å². The van der Waals surface area contributed by atoms with Gasteiger partial charge in [0.05, 0.1) is 24.1 Å². The van der Waals surface area contributed by atoms with Crippen LogP contribution in [0.2, 0.25) is 0 Å². The number of ether oxygens (including phenoxy) is 1. The first kappa shape index (κ1) is 16.3. The third-order valence-electron chi connectivity index (χ3n) is 3.30.